The van der Waals surface area contributed by atoms with Gasteiger partial charge in [0.15, 0.2) is 13.2 Å². The Morgan fingerprint density at radius 2 is 1.97 bits per heavy atom. The van der Waals surface area contributed by atoms with Crippen LogP contribution in [0.2, 0.25) is 5.02 Å². The van der Waals surface area contributed by atoms with Crippen molar-refractivity contribution in [1.29, 1.82) is 0 Å². The van der Waals surface area contributed by atoms with Gasteiger partial charge in [-0.05, 0) is 43.7 Å². The SMILES string of the molecule is CCOCCOCC/C(=C\C#CCOC(=O)COc1ccc(Cl)cc1C)C(=O)O. The second-order valence-corrected chi connectivity index (χ2v) is 6.15. The maximum absolute atomic E-state index is 11.7. The first-order chi connectivity index (χ1) is 13.9. The minimum atomic E-state index is -1.07. The first kappa shape index (κ1) is 24.5. The zero-order valence-electron chi connectivity index (χ0n) is 16.5. The van der Waals surface area contributed by atoms with Gasteiger partial charge in [0.1, 0.15) is 5.75 Å². The van der Waals surface area contributed by atoms with Crippen LogP contribution < -0.4 is 4.74 Å². The Morgan fingerprint density at radius 3 is 2.66 bits per heavy atom. The van der Waals surface area contributed by atoms with E-state index in [1.54, 1.807) is 18.2 Å². The molecule has 0 radical (unpaired) electrons. The second-order valence-electron chi connectivity index (χ2n) is 5.71. The number of hydrogen-bond acceptors (Lipinski definition) is 6. The van der Waals surface area contributed by atoms with E-state index in [4.69, 9.17) is 35.7 Å². The van der Waals surface area contributed by atoms with E-state index in [0.29, 0.717) is 30.6 Å². The molecule has 0 aliphatic rings. The van der Waals surface area contributed by atoms with E-state index in [0.717, 1.165) is 5.56 Å². The maximum Gasteiger partial charge on any atom is 0.345 e. The van der Waals surface area contributed by atoms with Gasteiger partial charge in [-0.15, -0.1) is 0 Å². The number of allylic oxidation sites excluding steroid dienone is 1. The molecule has 0 atom stereocenters. The average Bonchev–Trinajstić information content (AvgIpc) is 2.67. The van der Waals surface area contributed by atoms with Crippen LogP contribution in [0.3, 0.4) is 0 Å². The van der Waals surface area contributed by atoms with Crippen molar-refractivity contribution in [1.82, 2.24) is 0 Å². The fourth-order valence-corrected chi connectivity index (χ4v) is 2.26. The predicted molar refractivity (Wildman–Crippen MR) is 108 cm³/mol. The van der Waals surface area contributed by atoms with Crippen molar-refractivity contribution in [2.45, 2.75) is 20.3 Å². The van der Waals surface area contributed by atoms with Crippen molar-refractivity contribution in [3.63, 3.8) is 0 Å². The number of ether oxygens (including phenoxy) is 4. The molecule has 29 heavy (non-hydrogen) atoms. The van der Waals surface area contributed by atoms with Crippen LogP contribution in [0, 0.1) is 18.8 Å². The van der Waals surface area contributed by atoms with E-state index in [-0.39, 0.29) is 31.8 Å². The topological polar surface area (TPSA) is 91.3 Å². The minimum Gasteiger partial charge on any atom is -0.482 e. The van der Waals surface area contributed by atoms with E-state index < -0.39 is 11.9 Å². The molecular weight excluding hydrogens is 400 g/mol. The molecule has 1 N–H and O–H groups in total. The van der Waals surface area contributed by atoms with Crippen LogP contribution in [-0.2, 0) is 23.8 Å². The minimum absolute atomic E-state index is 0.113. The van der Waals surface area contributed by atoms with Crippen LogP contribution in [-0.4, -0.2) is 56.7 Å². The van der Waals surface area contributed by atoms with E-state index in [9.17, 15) is 9.59 Å². The highest BCUT2D eigenvalue weighted by Gasteiger charge is 2.07. The molecule has 0 saturated heterocycles. The zero-order chi connectivity index (χ0) is 21.5. The summed E-state index contributed by atoms with van der Waals surface area (Å²) in [5.74, 6) is 4.02. The normalized spacial score (nSPS) is 10.8. The van der Waals surface area contributed by atoms with E-state index >= 15 is 0 Å². The largest absolute Gasteiger partial charge is 0.482 e. The van der Waals surface area contributed by atoms with Crippen molar-refractivity contribution in [2.24, 2.45) is 0 Å². The van der Waals surface area contributed by atoms with Gasteiger partial charge in [0, 0.05) is 23.6 Å². The number of aryl methyl sites for hydroxylation is 1. The van der Waals surface area contributed by atoms with Crippen molar-refractivity contribution in [3.8, 4) is 17.6 Å². The summed E-state index contributed by atoms with van der Waals surface area (Å²) in [6.45, 7) is 4.99. The van der Waals surface area contributed by atoms with Crippen molar-refractivity contribution in [2.75, 3.05) is 39.6 Å². The van der Waals surface area contributed by atoms with E-state index in [1.807, 2.05) is 13.8 Å². The monoisotopic (exact) mass is 424 g/mol. The fourth-order valence-electron chi connectivity index (χ4n) is 2.04. The average molecular weight is 425 g/mol. The predicted octanol–water partition coefficient (Wildman–Crippen LogP) is 3.03. The number of carbonyl (C=O) groups excluding carboxylic acids is 1. The van der Waals surface area contributed by atoms with Crippen molar-refractivity contribution >= 4 is 23.5 Å². The first-order valence-electron chi connectivity index (χ1n) is 9.04. The quantitative estimate of drug-likeness (QED) is 0.238. The molecule has 0 bridgehead atoms. The molecular formula is C21H25ClO7. The molecule has 8 heteroatoms. The van der Waals surface area contributed by atoms with Crippen molar-refractivity contribution < 1.29 is 33.6 Å². The first-order valence-corrected chi connectivity index (χ1v) is 9.42. The van der Waals surface area contributed by atoms with E-state index in [2.05, 4.69) is 11.8 Å². The van der Waals surface area contributed by atoms with Crippen LogP contribution in [0.4, 0.5) is 0 Å². The van der Waals surface area contributed by atoms with Crippen LogP contribution in [0.1, 0.15) is 18.9 Å². The third kappa shape index (κ3) is 11.2. The summed E-state index contributed by atoms with van der Waals surface area (Å²) in [6.07, 6.45) is 1.49. The number of carboxylic acids is 1. The highest BCUT2D eigenvalue weighted by Crippen LogP contribution is 2.21. The Kier molecular flexibility index (Phi) is 12.2. The van der Waals surface area contributed by atoms with Gasteiger partial charge in [0.2, 0.25) is 0 Å². The molecule has 1 aromatic rings. The van der Waals surface area contributed by atoms with Gasteiger partial charge in [-0.25, -0.2) is 9.59 Å². The van der Waals surface area contributed by atoms with Gasteiger partial charge in [-0.2, -0.15) is 0 Å². The van der Waals surface area contributed by atoms with Gasteiger partial charge >= 0.3 is 11.9 Å². The van der Waals surface area contributed by atoms with Gasteiger partial charge in [-0.3, -0.25) is 0 Å². The third-order valence-corrected chi connectivity index (χ3v) is 3.74. The molecule has 7 nitrogen and oxygen atoms in total. The molecule has 1 rings (SSSR count). The number of carboxylic acid groups (broad SMARTS) is 1. The number of carbonyl (C=O) groups is 2. The maximum atomic E-state index is 11.7. The summed E-state index contributed by atoms with van der Waals surface area (Å²) in [5.41, 5.74) is 0.917. The summed E-state index contributed by atoms with van der Waals surface area (Å²) >= 11 is 5.86. The molecule has 0 fully saturated rings. The van der Waals surface area contributed by atoms with Crippen LogP contribution in [0.5, 0.6) is 5.75 Å². The van der Waals surface area contributed by atoms with Crippen LogP contribution >= 0.6 is 11.6 Å². The Bertz CT molecular complexity index is 762. The Labute approximate surface area is 175 Å². The lowest BCUT2D eigenvalue weighted by atomic mass is 10.2. The molecule has 1 aromatic carbocycles. The van der Waals surface area contributed by atoms with E-state index in [1.165, 1.54) is 6.08 Å². The van der Waals surface area contributed by atoms with Gasteiger partial charge in [0.25, 0.3) is 0 Å². The number of aliphatic carboxylic acids is 1. The molecule has 0 heterocycles. The van der Waals surface area contributed by atoms with Crippen LogP contribution in [0.15, 0.2) is 29.8 Å². The fraction of sp³-hybridized carbons (Fsp3) is 0.429. The number of benzene rings is 1. The number of rotatable bonds is 12. The molecule has 0 unspecified atom stereocenters. The highest BCUT2D eigenvalue weighted by molar-refractivity contribution is 6.30. The lowest BCUT2D eigenvalue weighted by molar-refractivity contribution is -0.144. The molecule has 0 aliphatic carbocycles. The van der Waals surface area contributed by atoms with Gasteiger partial charge in [-0.1, -0.05) is 23.4 Å². The summed E-state index contributed by atoms with van der Waals surface area (Å²) in [7, 11) is 0. The number of hydrogen-bond donors (Lipinski definition) is 1. The molecule has 0 aliphatic heterocycles. The third-order valence-electron chi connectivity index (χ3n) is 3.50. The summed E-state index contributed by atoms with van der Waals surface area (Å²) in [6, 6.07) is 5.06. The zero-order valence-corrected chi connectivity index (χ0v) is 17.3. The lowest BCUT2D eigenvalue weighted by Crippen LogP contribution is -2.15. The Morgan fingerprint density at radius 1 is 1.21 bits per heavy atom. The molecule has 158 valence electrons. The van der Waals surface area contributed by atoms with Crippen molar-refractivity contribution in [3.05, 3.63) is 40.4 Å². The summed E-state index contributed by atoms with van der Waals surface area (Å²) in [4.78, 5) is 22.9. The molecule has 0 aromatic heterocycles. The Hall–Kier alpha value is -2.53. The van der Waals surface area contributed by atoms with Gasteiger partial charge < -0.3 is 24.1 Å². The molecule has 0 spiro atoms. The summed E-state index contributed by atoms with van der Waals surface area (Å²) < 4.78 is 20.7. The smallest absolute Gasteiger partial charge is 0.345 e. The Balaban J connectivity index is 2.33. The summed E-state index contributed by atoms with van der Waals surface area (Å²) in [5, 5.41) is 9.73. The number of halogens is 1. The lowest BCUT2D eigenvalue weighted by Gasteiger charge is -2.08. The number of esters is 1. The standard InChI is InChI=1S/C21H25ClO7/c1-3-26-12-13-27-11-9-17(21(24)25)6-4-5-10-28-20(23)15-29-19-8-7-18(22)14-16(19)2/h6-8,14H,3,9-13,15H2,1-2H3,(H,24,25)/b17-6+. The van der Waals surface area contributed by atoms with Crippen LogP contribution in [0.25, 0.3) is 0 Å². The second kappa shape index (κ2) is 14.5. The molecule has 0 amide bonds. The van der Waals surface area contributed by atoms with Gasteiger partial charge in [0.05, 0.1) is 19.8 Å². The highest BCUT2D eigenvalue weighted by atomic mass is 35.5. The molecule has 0 saturated carbocycles.